The second-order valence-electron chi connectivity index (χ2n) is 15.4. The van der Waals surface area contributed by atoms with Gasteiger partial charge in [0.2, 0.25) is 23.6 Å². The van der Waals surface area contributed by atoms with Gasteiger partial charge in [-0.25, -0.2) is 0 Å². The highest BCUT2D eigenvalue weighted by Crippen LogP contribution is 2.34. The zero-order chi connectivity index (χ0) is 42.7. The third kappa shape index (κ3) is 18.5. The number of amides is 4. The molecule has 0 spiro atoms. The Hall–Kier alpha value is -4.36. The Labute approximate surface area is 348 Å². The number of fused-ring (bicyclic) bond motifs is 5. The lowest BCUT2D eigenvalue weighted by Gasteiger charge is -2.29. The normalized spacial score (nSPS) is 16.4. The van der Waals surface area contributed by atoms with E-state index in [0.29, 0.717) is 41.6 Å². The fraction of sp³-hybridized carbons (Fsp3) is 0.600. The molecule has 3 rings (SSSR count). The van der Waals surface area contributed by atoms with E-state index in [9.17, 15) is 29.3 Å². The molecule has 2 aromatic rings. The van der Waals surface area contributed by atoms with Crippen molar-refractivity contribution in [3.63, 3.8) is 0 Å². The summed E-state index contributed by atoms with van der Waals surface area (Å²) in [5, 5.41) is 32.3. The van der Waals surface area contributed by atoms with Crippen LogP contribution in [-0.2, 0) is 25.6 Å². The van der Waals surface area contributed by atoms with Crippen molar-refractivity contribution < 1.29 is 29.3 Å². The molecule has 1 aliphatic rings. The maximum atomic E-state index is 14.0. The van der Waals surface area contributed by atoms with E-state index in [1.807, 2.05) is 37.3 Å². The number of hydrogen-bond donors (Lipinski definition) is 7. The Balaban J connectivity index is 0.00000218. The van der Waals surface area contributed by atoms with Gasteiger partial charge in [-0.15, -0.1) is 0 Å². The third-order valence-electron chi connectivity index (χ3n) is 10.3. The molecule has 3 atom stereocenters. The number of allylic oxidation sites excluding steroid dienone is 1. The molecule has 8 N–H and O–H groups in total. The number of aromatic hydroxyl groups is 1. The van der Waals surface area contributed by atoms with E-state index in [2.05, 4.69) is 35.1 Å². The van der Waals surface area contributed by atoms with Crippen LogP contribution in [0.2, 0.25) is 0 Å². The molecule has 4 bridgehead atoms. The third-order valence-corrected chi connectivity index (χ3v) is 10.3. The second-order valence-corrected chi connectivity index (χ2v) is 15.4. The fourth-order valence-electron chi connectivity index (χ4n) is 6.82. The molecule has 1 heterocycles. The van der Waals surface area contributed by atoms with E-state index in [4.69, 9.17) is 5.73 Å². The fourth-order valence-corrected chi connectivity index (χ4v) is 6.82. The van der Waals surface area contributed by atoms with Gasteiger partial charge in [-0.2, -0.15) is 0 Å². The van der Waals surface area contributed by atoms with Crippen molar-refractivity contribution >= 4 is 31.1 Å². The highest BCUT2D eigenvalue weighted by molar-refractivity contribution is 6.28. The summed E-state index contributed by atoms with van der Waals surface area (Å²) in [5.74, 6) is -1.86. The van der Waals surface area contributed by atoms with Crippen molar-refractivity contribution in [2.75, 3.05) is 26.7 Å². The van der Waals surface area contributed by atoms with Crippen molar-refractivity contribution in [1.82, 2.24) is 26.2 Å². The predicted octanol–water partition coefficient (Wildman–Crippen LogP) is 5.85. The molecule has 4 amide bonds. The summed E-state index contributed by atoms with van der Waals surface area (Å²) in [6, 6.07) is 10.5. The van der Waals surface area contributed by atoms with Gasteiger partial charge in [-0.05, 0) is 61.6 Å². The van der Waals surface area contributed by atoms with Crippen LogP contribution >= 0.6 is 0 Å². The largest absolute Gasteiger partial charge is 0.507 e. The number of carbonyl (C=O) groups is 4. The molecule has 0 saturated heterocycles. The number of nitrogens with one attached hydrogen (secondary N) is 4. The smallest absolute Gasteiger partial charge is 0.293 e. The Morgan fingerprint density at radius 3 is 2.21 bits per heavy atom. The maximum Gasteiger partial charge on any atom is 0.293 e. The lowest BCUT2D eigenvalue weighted by atomic mass is 9.90. The number of carbonyl (C=O) groups excluding carboxylic acids is 4. The zero-order valence-corrected chi connectivity index (χ0v) is 36.0. The molecular formula is C45H73BN6O6. The highest BCUT2D eigenvalue weighted by atomic mass is 16.3. The average Bonchev–Trinajstić information content (AvgIpc) is 3.21. The van der Waals surface area contributed by atoms with Gasteiger partial charge in [0, 0.05) is 37.1 Å². The summed E-state index contributed by atoms with van der Waals surface area (Å²) in [6.45, 7) is 8.68. The SMILES string of the molecule is CC/C=C1\CNC(=O)C(N(C)C(=O)CNC(=O)CCCCCCCCCCCCC)c2ccc(O)c(c2)-c2cccc(c2)CC(C(=O)NC(C)BO)N1.CCCCN. The van der Waals surface area contributed by atoms with Crippen LogP contribution < -0.4 is 27.0 Å². The Morgan fingerprint density at radius 1 is 0.948 bits per heavy atom. The first kappa shape index (κ1) is 49.8. The molecule has 0 aliphatic carbocycles. The van der Waals surface area contributed by atoms with Crippen LogP contribution in [-0.4, -0.2) is 84.8 Å². The van der Waals surface area contributed by atoms with Crippen LogP contribution in [0, 0.1) is 0 Å². The molecule has 1 aliphatic heterocycles. The van der Waals surface area contributed by atoms with Gasteiger partial charge in [0.1, 0.15) is 17.8 Å². The number of benzene rings is 2. The van der Waals surface area contributed by atoms with Gasteiger partial charge >= 0.3 is 0 Å². The lowest BCUT2D eigenvalue weighted by Crippen LogP contribution is -2.51. The number of nitrogens with zero attached hydrogens (tertiary/aromatic N) is 1. The number of phenols is 1. The molecule has 12 nitrogen and oxygen atoms in total. The van der Waals surface area contributed by atoms with Crippen LogP contribution in [0.3, 0.4) is 0 Å². The number of phenolic OH excluding ortho intramolecular Hbond substituents is 1. The zero-order valence-electron chi connectivity index (χ0n) is 36.0. The van der Waals surface area contributed by atoms with Gasteiger partial charge in [0.05, 0.1) is 13.1 Å². The van der Waals surface area contributed by atoms with Crippen molar-refractivity contribution in [1.29, 1.82) is 0 Å². The number of rotatable bonds is 21. The highest BCUT2D eigenvalue weighted by Gasteiger charge is 2.30. The van der Waals surface area contributed by atoms with Gasteiger partial charge in [0.25, 0.3) is 7.48 Å². The van der Waals surface area contributed by atoms with E-state index >= 15 is 0 Å². The number of unbranched alkanes of at least 4 members (excludes halogenated alkanes) is 11. The maximum absolute atomic E-state index is 14.0. The van der Waals surface area contributed by atoms with Crippen LogP contribution in [0.5, 0.6) is 5.75 Å². The minimum absolute atomic E-state index is 0.00171. The Morgan fingerprint density at radius 2 is 1.60 bits per heavy atom. The Kier molecular flexibility index (Phi) is 24.9. The first-order chi connectivity index (χ1) is 28.0. The van der Waals surface area contributed by atoms with E-state index in [1.54, 1.807) is 19.1 Å². The van der Waals surface area contributed by atoms with Gasteiger partial charge in [-0.1, -0.05) is 128 Å². The quantitative estimate of drug-likeness (QED) is 0.0605. The van der Waals surface area contributed by atoms with Gasteiger partial charge in [-0.3, -0.25) is 19.2 Å². The molecular weight excluding hydrogens is 731 g/mol. The van der Waals surface area contributed by atoms with Crippen LogP contribution in [0.1, 0.15) is 141 Å². The molecule has 58 heavy (non-hydrogen) atoms. The summed E-state index contributed by atoms with van der Waals surface area (Å²) < 4.78 is 0. The topological polar surface area (TPSA) is 186 Å². The second kappa shape index (κ2) is 28.9. The van der Waals surface area contributed by atoms with Crippen molar-refractivity contribution in [2.24, 2.45) is 5.73 Å². The minimum Gasteiger partial charge on any atom is -0.507 e. The van der Waals surface area contributed by atoms with E-state index in [-0.39, 0.29) is 38.1 Å². The van der Waals surface area contributed by atoms with E-state index < -0.39 is 29.8 Å². The van der Waals surface area contributed by atoms with E-state index in [0.717, 1.165) is 31.4 Å². The molecule has 0 fully saturated rings. The van der Waals surface area contributed by atoms with Crippen molar-refractivity contribution in [3.05, 3.63) is 65.4 Å². The van der Waals surface area contributed by atoms with Crippen LogP contribution in [0.15, 0.2) is 54.2 Å². The molecule has 3 unspecified atom stereocenters. The standard InChI is InChI=1S/C41H62BN5O6.C4H11N/c1-5-7-8-9-10-11-12-13-14-15-16-21-37(49)43-28-38(50)47(4)39-32-22-23-36(48)34(26-32)31-20-17-19-30(24-31)25-35(40(51)45-29(3)42-53)46-33(18-6-2)27-44-41(39)52;1-2-3-4-5/h17-20,22-24,26,29,35,39,42,46,48,53H,5-16,21,25,27-28H2,1-4H3,(H,43,49)(H,44,52)(H,45,51);2-5H2,1H3/b33-18+;. The van der Waals surface area contributed by atoms with Crippen molar-refractivity contribution in [2.45, 2.75) is 148 Å². The van der Waals surface area contributed by atoms with Crippen LogP contribution in [0.25, 0.3) is 11.1 Å². The molecule has 0 saturated carbocycles. The molecule has 13 heteroatoms. The summed E-state index contributed by atoms with van der Waals surface area (Å²) in [7, 11) is 1.32. The molecule has 0 radical (unpaired) electrons. The van der Waals surface area contributed by atoms with Gasteiger partial charge < -0.3 is 42.0 Å². The monoisotopic (exact) mass is 805 g/mol. The summed E-state index contributed by atoms with van der Waals surface area (Å²) in [4.78, 5) is 54.9. The summed E-state index contributed by atoms with van der Waals surface area (Å²) in [5.41, 5.74) is 8.23. The average molecular weight is 805 g/mol. The predicted molar refractivity (Wildman–Crippen MR) is 236 cm³/mol. The van der Waals surface area contributed by atoms with E-state index in [1.165, 1.54) is 82.2 Å². The van der Waals surface area contributed by atoms with Gasteiger partial charge in [0.15, 0.2) is 0 Å². The minimum atomic E-state index is -1.08. The summed E-state index contributed by atoms with van der Waals surface area (Å²) in [6.07, 6.45) is 18.6. The molecule has 322 valence electrons. The first-order valence-electron chi connectivity index (χ1n) is 21.8. The number of nitrogens with two attached hydrogens (primary N) is 1. The number of likely N-dealkylation sites (N-methyl/N-ethyl adjacent to an activating group) is 1. The van der Waals surface area contributed by atoms with Crippen LogP contribution in [0.4, 0.5) is 0 Å². The molecule has 0 aromatic heterocycles. The van der Waals surface area contributed by atoms with Crippen molar-refractivity contribution in [3.8, 4) is 16.9 Å². The lowest BCUT2D eigenvalue weighted by molar-refractivity contribution is -0.139. The first-order valence-corrected chi connectivity index (χ1v) is 21.8. The Bertz CT molecular complexity index is 1570. The summed E-state index contributed by atoms with van der Waals surface area (Å²) >= 11 is 0. The molecule has 2 aromatic carbocycles. The number of hydrogen-bond acceptors (Lipinski definition) is 8.